The Bertz CT molecular complexity index is 492. The fourth-order valence-electron chi connectivity index (χ4n) is 2.39. The van der Waals surface area contributed by atoms with E-state index in [4.69, 9.17) is 5.11 Å². The van der Waals surface area contributed by atoms with E-state index in [0.717, 1.165) is 29.5 Å². The lowest BCUT2D eigenvalue weighted by molar-refractivity contribution is -0.137. The molecule has 0 bridgehead atoms. The number of benzene rings is 1. The monoisotopic (exact) mass is 312 g/mol. The standard InChI is InChI=1S/C14H17BrO3/c1-7-5-11(14(18)13(15)8(7)2)10(6-12(16)17)9-3-4-9/h5,9-10,18H,3-4,6H2,1-2H3,(H,16,17). The number of phenols is 1. The Kier molecular flexibility index (Phi) is 3.66. The number of aromatic hydroxyl groups is 1. The van der Waals surface area contributed by atoms with Crippen molar-refractivity contribution in [2.24, 2.45) is 5.92 Å². The number of rotatable bonds is 4. The van der Waals surface area contributed by atoms with E-state index in [0.29, 0.717) is 10.4 Å². The molecular weight excluding hydrogens is 296 g/mol. The first kappa shape index (κ1) is 13.4. The Morgan fingerprint density at radius 1 is 1.50 bits per heavy atom. The third-order valence-electron chi connectivity index (χ3n) is 3.76. The molecule has 1 atom stereocenters. The normalized spacial score (nSPS) is 16.6. The van der Waals surface area contributed by atoms with Crippen molar-refractivity contribution in [1.29, 1.82) is 0 Å². The van der Waals surface area contributed by atoms with E-state index in [1.54, 1.807) is 0 Å². The molecule has 2 N–H and O–H groups in total. The number of carboxylic acids is 1. The molecule has 3 nitrogen and oxygen atoms in total. The van der Waals surface area contributed by atoms with Gasteiger partial charge in [-0.1, -0.05) is 6.07 Å². The average Bonchev–Trinajstić information content (AvgIpc) is 3.12. The summed E-state index contributed by atoms with van der Waals surface area (Å²) in [5.74, 6) is -0.268. The van der Waals surface area contributed by atoms with E-state index in [1.165, 1.54) is 0 Å². The Morgan fingerprint density at radius 2 is 2.11 bits per heavy atom. The first-order valence-electron chi connectivity index (χ1n) is 6.12. The molecule has 1 unspecified atom stereocenters. The molecule has 0 aromatic heterocycles. The molecule has 4 heteroatoms. The van der Waals surface area contributed by atoms with Crippen LogP contribution in [0.4, 0.5) is 0 Å². The Hall–Kier alpha value is -1.03. The Balaban J connectivity index is 2.44. The minimum Gasteiger partial charge on any atom is -0.506 e. The van der Waals surface area contributed by atoms with Crippen molar-refractivity contribution in [3.8, 4) is 5.75 Å². The van der Waals surface area contributed by atoms with Crippen LogP contribution in [0.3, 0.4) is 0 Å². The summed E-state index contributed by atoms with van der Waals surface area (Å²) in [6.45, 7) is 3.92. The van der Waals surface area contributed by atoms with Crippen LogP contribution in [0, 0.1) is 19.8 Å². The van der Waals surface area contributed by atoms with Crippen molar-refractivity contribution < 1.29 is 15.0 Å². The van der Waals surface area contributed by atoms with Crippen LogP contribution in [0.2, 0.25) is 0 Å². The number of aliphatic carboxylic acids is 1. The molecule has 0 heterocycles. The maximum absolute atomic E-state index is 11.0. The minimum absolute atomic E-state index is 0.0712. The van der Waals surface area contributed by atoms with Crippen LogP contribution in [0.15, 0.2) is 10.5 Å². The highest BCUT2D eigenvalue weighted by Crippen LogP contribution is 2.49. The third kappa shape index (κ3) is 2.53. The average molecular weight is 313 g/mol. The lowest BCUT2D eigenvalue weighted by Gasteiger charge is -2.19. The smallest absolute Gasteiger partial charge is 0.303 e. The van der Waals surface area contributed by atoms with Gasteiger partial charge in [0.25, 0.3) is 0 Å². The number of hydrogen-bond donors (Lipinski definition) is 2. The lowest BCUT2D eigenvalue weighted by Crippen LogP contribution is -2.09. The molecule has 1 fully saturated rings. The molecule has 0 amide bonds. The zero-order valence-corrected chi connectivity index (χ0v) is 12.1. The van der Waals surface area contributed by atoms with Crippen LogP contribution in [0.5, 0.6) is 5.75 Å². The number of phenolic OH excluding ortho intramolecular Hbond substituents is 1. The van der Waals surface area contributed by atoms with Gasteiger partial charge in [-0.25, -0.2) is 0 Å². The van der Waals surface area contributed by atoms with Crippen molar-refractivity contribution in [3.63, 3.8) is 0 Å². The van der Waals surface area contributed by atoms with Crippen LogP contribution in [0.1, 0.15) is 41.9 Å². The lowest BCUT2D eigenvalue weighted by atomic mass is 9.88. The molecule has 18 heavy (non-hydrogen) atoms. The highest BCUT2D eigenvalue weighted by atomic mass is 79.9. The van der Waals surface area contributed by atoms with Gasteiger partial charge in [0.15, 0.2) is 0 Å². The number of halogens is 1. The molecular formula is C14H17BrO3. The third-order valence-corrected chi connectivity index (χ3v) is 4.73. The van der Waals surface area contributed by atoms with E-state index >= 15 is 0 Å². The van der Waals surface area contributed by atoms with Crippen LogP contribution < -0.4 is 0 Å². The van der Waals surface area contributed by atoms with Gasteiger partial charge in [0.05, 0.1) is 10.9 Å². The topological polar surface area (TPSA) is 57.5 Å². The summed E-state index contributed by atoms with van der Waals surface area (Å²) in [4.78, 5) is 11.0. The number of aryl methyl sites for hydroxylation is 1. The van der Waals surface area contributed by atoms with Crippen molar-refractivity contribution in [2.75, 3.05) is 0 Å². The van der Waals surface area contributed by atoms with Crippen LogP contribution in [-0.4, -0.2) is 16.2 Å². The largest absolute Gasteiger partial charge is 0.506 e. The molecule has 2 rings (SSSR count). The molecule has 1 aliphatic carbocycles. The predicted molar refractivity (Wildman–Crippen MR) is 73.0 cm³/mol. The summed E-state index contributed by atoms with van der Waals surface area (Å²) in [6.07, 6.45) is 2.21. The second-order valence-corrected chi connectivity index (χ2v) is 5.91. The highest BCUT2D eigenvalue weighted by Gasteiger charge is 2.35. The SMILES string of the molecule is Cc1cc(C(CC(=O)O)C2CC2)c(O)c(Br)c1C. The minimum atomic E-state index is -0.805. The molecule has 1 saturated carbocycles. The van der Waals surface area contributed by atoms with Crippen LogP contribution >= 0.6 is 15.9 Å². The predicted octanol–water partition coefficient (Wildman–Crippen LogP) is 3.74. The summed E-state index contributed by atoms with van der Waals surface area (Å²) < 4.78 is 0.688. The fourth-order valence-corrected chi connectivity index (χ4v) is 2.93. The molecule has 0 radical (unpaired) electrons. The van der Waals surface area contributed by atoms with E-state index in [9.17, 15) is 9.90 Å². The van der Waals surface area contributed by atoms with Gasteiger partial charge in [-0.05, 0) is 65.2 Å². The summed E-state index contributed by atoms with van der Waals surface area (Å²) >= 11 is 3.39. The Labute approximate surface area is 115 Å². The van der Waals surface area contributed by atoms with Crippen molar-refractivity contribution >= 4 is 21.9 Å². The van der Waals surface area contributed by atoms with E-state index in [1.807, 2.05) is 19.9 Å². The van der Waals surface area contributed by atoms with Gasteiger partial charge in [-0.2, -0.15) is 0 Å². The fraction of sp³-hybridized carbons (Fsp3) is 0.500. The van der Waals surface area contributed by atoms with Crippen molar-refractivity contribution in [2.45, 2.75) is 39.0 Å². The van der Waals surface area contributed by atoms with Gasteiger partial charge < -0.3 is 10.2 Å². The zero-order chi connectivity index (χ0) is 13.4. The highest BCUT2D eigenvalue weighted by molar-refractivity contribution is 9.10. The van der Waals surface area contributed by atoms with Gasteiger partial charge in [0.1, 0.15) is 5.75 Å². The zero-order valence-electron chi connectivity index (χ0n) is 10.5. The molecule has 0 saturated heterocycles. The number of hydrogen-bond acceptors (Lipinski definition) is 2. The van der Waals surface area contributed by atoms with E-state index < -0.39 is 5.97 Å². The second kappa shape index (κ2) is 4.92. The van der Waals surface area contributed by atoms with Crippen molar-refractivity contribution in [1.82, 2.24) is 0 Å². The number of carboxylic acid groups (broad SMARTS) is 1. The molecule has 98 valence electrons. The van der Waals surface area contributed by atoms with Gasteiger partial charge in [0.2, 0.25) is 0 Å². The first-order valence-corrected chi connectivity index (χ1v) is 6.91. The van der Waals surface area contributed by atoms with Gasteiger partial charge in [-0.15, -0.1) is 0 Å². The summed E-state index contributed by atoms with van der Waals surface area (Å²) in [5, 5.41) is 19.2. The Morgan fingerprint density at radius 3 is 2.61 bits per heavy atom. The maximum atomic E-state index is 11.0. The van der Waals surface area contributed by atoms with Crippen LogP contribution in [0.25, 0.3) is 0 Å². The maximum Gasteiger partial charge on any atom is 0.303 e. The van der Waals surface area contributed by atoms with Gasteiger partial charge in [0, 0.05) is 5.92 Å². The second-order valence-electron chi connectivity index (χ2n) is 5.11. The summed E-state index contributed by atoms with van der Waals surface area (Å²) in [7, 11) is 0. The van der Waals surface area contributed by atoms with E-state index in [-0.39, 0.29) is 18.1 Å². The molecule has 1 aliphatic rings. The summed E-state index contributed by atoms with van der Waals surface area (Å²) in [5.41, 5.74) is 2.85. The van der Waals surface area contributed by atoms with Crippen molar-refractivity contribution in [3.05, 3.63) is 27.2 Å². The summed E-state index contributed by atoms with van der Waals surface area (Å²) in [6, 6.07) is 1.93. The number of carbonyl (C=O) groups is 1. The van der Waals surface area contributed by atoms with Gasteiger partial charge >= 0.3 is 5.97 Å². The molecule has 0 aliphatic heterocycles. The molecule has 1 aromatic carbocycles. The van der Waals surface area contributed by atoms with Gasteiger partial charge in [-0.3, -0.25) is 4.79 Å². The molecule has 0 spiro atoms. The van der Waals surface area contributed by atoms with E-state index in [2.05, 4.69) is 15.9 Å². The molecule has 1 aromatic rings. The quantitative estimate of drug-likeness (QED) is 0.890. The van der Waals surface area contributed by atoms with Crippen LogP contribution in [-0.2, 0) is 4.79 Å². The first-order chi connectivity index (χ1) is 8.41.